The molecule has 0 aromatic rings. The first-order valence-electron chi connectivity index (χ1n) is 4.18. The summed E-state index contributed by atoms with van der Waals surface area (Å²) in [6.07, 6.45) is 6.18. The molecule has 0 spiro atoms. The van der Waals surface area contributed by atoms with E-state index in [0.29, 0.717) is 17.9 Å². The van der Waals surface area contributed by atoms with Gasteiger partial charge in [0.05, 0.1) is 0 Å². The SMILES string of the molecule is CC/C(=C\C1CCC1)C(=O)O. The molecule has 2 nitrogen and oxygen atoms in total. The molecule has 0 bridgehead atoms. The van der Waals surface area contributed by atoms with Crippen molar-refractivity contribution >= 4 is 5.97 Å². The summed E-state index contributed by atoms with van der Waals surface area (Å²) < 4.78 is 0. The Morgan fingerprint density at radius 2 is 2.27 bits per heavy atom. The van der Waals surface area contributed by atoms with Crippen LogP contribution >= 0.6 is 0 Å². The van der Waals surface area contributed by atoms with Crippen LogP contribution in [-0.4, -0.2) is 11.1 Å². The van der Waals surface area contributed by atoms with Crippen molar-refractivity contribution in [2.45, 2.75) is 32.6 Å². The number of hydrogen-bond donors (Lipinski definition) is 1. The lowest BCUT2D eigenvalue weighted by Crippen LogP contribution is -2.10. The molecule has 0 heterocycles. The van der Waals surface area contributed by atoms with Crippen LogP contribution in [-0.2, 0) is 4.79 Å². The van der Waals surface area contributed by atoms with Crippen LogP contribution in [0.1, 0.15) is 32.6 Å². The minimum absolute atomic E-state index is 0.557. The van der Waals surface area contributed by atoms with Crippen LogP contribution in [0, 0.1) is 5.92 Å². The molecule has 0 aliphatic heterocycles. The number of hydrogen-bond acceptors (Lipinski definition) is 1. The second-order valence-corrected chi connectivity index (χ2v) is 3.04. The van der Waals surface area contributed by atoms with Gasteiger partial charge in [-0.05, 0) is 25.2 Å². The standard InChI is InChI=1S/C9H14O2/c1-2-8(9(10)11)6-7-4-3-5-7/h6-7H,2-5H2,1H3,(H,10,11)/b8-6+. The Hall–Kier alpha value is -0.790. The van der Waals surface area contributed by atoms with Crippen molar-refractivity contribution < 1.29 is 9.90 Å². The number of rotatable bonds is 3. The third-order valence-corrected chi connectivity index (χ3v) is 2.24. The van der Waals surface area contributed by atoms with E-state index in [0.717, 1.165) is 0 Å². The van der Waals surface area contributed by atoms with E-state index >= 15 is 0 Å². The van der Waals surface area contributed by atoms with E-state index in [2.05, 4.69) is 0 Å². The van der Waals surface area contributed by atoms with Crippen LogP contribution in [0.15, 0.2) is 11.6 Å². The molecule has 2 heteroatoms. The topological polar surface area (TPSA) is 37.3 Å². The molecular weight excluding hydrogens is 140 g/mol. The van der Waals surface area contributed by atoms with Crippen molar-refractivity contribution in [3.8, 4) is 0 Å². The molecule has 0 amide bonds. The molecule has 0 saturated heterocycles. The smallest absolute Gasteiger partial charge is 0.331 e. The number of carboxylic acids is 1. The Bertz CT molecular complexity index is 178. The van der Waals surface area contributed by atoms with Gasteiger partial charge in [-0.3, -0.25) is 0 Å². The van der Waals surface area contributed by atoms with Crippen molar-refractivity contribution in [1.29, 1.82) is 0 Å². The second-order valence-electron chi connectivity index (χ2n) is 3.04. The fraction of sp³-hybridized carbons (Fsp3) is 0.667. The van der Waals surface area contributed by atoms with Gasteiger partial charge in [0.2, 0.25) is 0 Å². The van der Waals surface area contributed by atoms with Gasteiger partial charge in [0.25, 0.3) is 0 Å². The lowest BCUT2D eigenvalue weighted by molar-refractivity contribution is -0.132. The summed E-state index contributed by atoms with van der Waals surface area (Å²) in [4.78, 5) is 10.5. The minimum atomic E-state index is -0.751. The number of allylic oxidation sites excluding steroid dienone is 1. The summed E-state index contributed by atoms with van der Waals surface area (Å²) in [5, 5.41) is 8.67. The van der Waals surface area contributed by atoms with Gasteiger partial charge in [-0.25, -0.2) is 4.79 Å². The van der Waals surface area contributed by atoms with E-state index in [1.807, 2.05) is 13.0 Å². The molecule has 1 rings (SSSR count). The van der Waals surface area contributed by atoms with Crippen LogP contribution in [0.25, 0.3) is 0 Å². The molecule has 0 aromatic carbocycles. The average molecular weight is 154 g/mol. The molecule has 1 N–H and O–H groups in total. The molecule has 1 aliphatic rings. The number of aliphatic carboxylic acids is 1. The van der Waals surface area contributed by atoms with Crippen LogP contribution in [0.2, 0.25) is 0 Å². The second kappa shape index (κ2) is 3.56. The highest BCUT2D eigenvalue weighted by Gasteiger charge is 2.16. The monoisotopic (exact) mass is 154 g/mol. The van der Waals surface area contributed by atoms with E-state index in [1.54, 1.807) is 0 Å². The van der Waals surface area contributed by atoms with Crippen LogP contribution in [0.5, 0.6) is 0 Å². The van der Waals surface area contributed by atoms with Gasteiger partial charge in [0.1, 0.15) is 0 Å². The summed E-state index contributed by atoms with van der Waals surface area (Å²) in [5.41, 5.74) is 0.578. The van der Waals surface area contributed by atoms with Crippen molar-refractivity contribution in [2.24, 2.45) is 5.92 Å². The largest absolute Gasteiger partial charge is 0.478 e. The van der Waals surface area contributed by atoms with Crippen molar-refractivity contribution in [2.75, 3.05) is 0 Å². The van der Waals surface area contributed by atoms with E-state index in [-0.39, 0.29) is 0 Å². The van der Waals surface area contributed by atoms with E-state index < -0.39 is 5.97 Å². The van der Waals surface area contributed by atoms with E-state index in [4.69, 9.17) is 5.11 Å². The normalized spacial score (nSPS) is 19.5. The quantitative estimate of drug-likeness (QED) is 0.633. The molecule has 0 radical (unpaired) electrons. The number of carboxylic acid groups (broad SMARTS) is 1. The summed E-state index contributed by atoms with van der Waals surface area (Å²) in [5.74, 6) is -0.194. The summed E-state index contributed by atoms with van der Waals surface area (Å²) in [6.45, 7) is 1.89. The van der Waals surface area contributed by atoms with Crippen LogP contribution < -0.4 is 0 Å². The molecule has 0 unspecified atom stereocenters. The lowest BCUT2D eigenvalue weighted by atomic mass is 9.84. The first-order valence-corrected chi connectivity index (χ1v) is 4.18. The Balaban J connectivity index is 2.51. The van der Waals surface area contributed by atoms with Gasteiger partial charge in [0, 0.05) is 5.57 Å². The highest BCUT2D eigenvalue weighted by Crippen LogP contribution is 2.28. The van der Waals surface area contributed by atoms with Crippen molar-refractivity contribution in [3.05, 3.63) is 11.6 Å². The fourth-order valence-electron chi connectivity index (χ4n) is 1.23. The lowest BCUT2D eigenvalue weighted by Gasteiger charge is -2.22. The Morgan fingerprint density at radius 3 is 2.55 bits per heavy atom. The molecule has 62 valence electrons. The fourth-order valence-corrected chi connectivity index (χ4v) is 1.23. The Labute approximate surface area is 66.9 Å². The maximum atomic E-state index is 10.5. The highest BCUT2D eigenvalue weighted by molar-refractivity contribution is 5.86. The zero-order valence-corrected chi connectivity index (χ0v) is 6.84. The first kappa shape index (κ1) is 8.31. The molecule has 1 aliphatic carbocycles. The van der Waals surface area contributed by atoms with Crippen LogP contribution in [0.3, 0.4) is 0 Å². The van der Waals surface area contributed by atoms with Gasteiger partial charge < -0.3 is 5.11 Å². The summed E-state index contributed by atoms with van der Waals surface area (Å²) in [6, 6.07) is 0. The van der Waals surface area contributed by atoms with Gasteiger partial charge in [-0.2, -0.15) is 0 Å². The first-order chi connectivity index (χ1) is 5.24. The Morgan fingerprint density at radius 1 is 1.64 bits per heavy atom. The maximum Gasteiger partial charge on any atom is 0.331 e. The predicted molar refractivity (Wildman–Crippen MR) is 43.4 cm³/mol. The summed E-state index contributed by atoms with van der Waals surface area (Å²) >= 11 is 0. The molecule has 1 fully saturated rings. The number of carbonyl (C=O) groups is 1. The van der Waals surface area contributed by atoms with Gasteiger partial charge >= 0.3 is 5.97 Å². The maximum absolute atomic E-state index is 10.5. The van der Waals surface area contributed by atoms with Gasteiger partial charge in [0.15, 0.2) is 0 Å². The molecule has 1 saturated carbocycles. The third-order valence-electron chi connectivity index (χ3n) is 2.24. The molecule has 11 heavy (non-hydrogen) atoms. The van der Waals surface area contributed by atoms with Crippen molar-refractivity contribution in [3.63, 3.8) is 0 Å². The van der Waals surface area contributed by atoms with Crippen LogP contribution in [0.4, 0.5) is 0 Å². The highest BCUT2D eigenvalue weighted by atomic mass is 16.4. The molecule has 0 aromatic heterocycles. The summed E-state index contributed by atoms with van der Waals surface area (Å²) in [7, 11) is 0. The zero-order chi connectivity index (χ0) is 8.27. The van der Waals surface area contributed by atoms with Gasteiger partial charge in [-0.1, -0.05) is 19.4 Å². The van der Waals surface area contributed by atoms with E-state index in [1.165, 1.54) is 19.3 Å². The van der Waals surface area contributed by atoms with Gasteiger partial charge in [-0.15, -0.1) is 0 Å². The predicted octanol–water partition coefficient (Wildman–Crippen LogP) is 2.21. The van der Waals surface area contributed by atoms with E-state index in [9.17, 15) is 4.79 Å². The average Bonchev–Trinajstić information content (AvgIpc) is 1.85. The third kappa shape index (κ3) is 2.07. The van der Waals surface area contributed by atoms with Crippen molar-refractivity contribution in [1.82, 2.24) is 0 Å². The molecule has 0 atom stereocenters. The Kier molecular flexibility index (Phi) is 2.69. The molecular formula is C9H14O2. The zero-order valence-electron chi connectivity index (χ0n) is 6.84. The minimum Gasteiger partial charge on any atom is -0.478 e.